The van der Waals surface area contributed by atoms with Gasteiger partial charge in [0.25, 0.3) is 0 Å². The number of rotatable bonds is 7. The predicted molar refractivity (Wildman–Crippen MR) is 130 cm³/mol. The standard InChI is InChI=1S/C27H46O4S/c1-18(7-6-14-25(2,3)28)22-10-11-23-21-9-8-19-17-20(31-32(29)30)12-15-26(19,4)24(21)13-16-27(22,23)5/h8,18,20-24,28H,6-7,9-17H2,1-5H3,(H,29,30). The van der Waals surface area contributed by atoms with Crippen molar-refractivity contribution in [3.8, 4) is 0 Å². The zero-order valence-corrected chi connectivity index (χ0v) is 21.8. The minimum absolute atomic E-state index is 0.105. The zero-order valence-electron chi connectivity index (χ0n) is 20.9. The molecule has 0 saturated heterocycles. The molecule has 0 aromatic carbocycles. The van der Waals surface area contributed by atoms with Gasteiger partial charge in [0.1, 0.15) is 0 Å². The smallest absolute Gasteiger partial charge is 0.302 e. The lowest BCUT2D eigenvalue weighted by molar-refractivity contribution is -0.0559. The Morgan fingerprint density at radius 3 is 2.62 bits per heavy atom. The third-order valence-electron chi connectivity index (χ3n) is 10.5. The summed E-state index contributed by atoms with van der Waals surface area (Å²) in [6.07, 6.45) is 15.1. The zero-order chi connectivity index (χ0) is 23.3. The molecule has 9 unspecified atom stereocenters. The first-order valence-corrected chi connectivity index (χ1v) is 14.2. The molecule has 184 valence electrons. The van der Waals surface area contributed by atoms with Crippen LogP contribution in [0.5, 0.6) is 0 Å². The molecule has 9 atom stereocenters. The minimum atomic E-state index is -2.16. The molecule has 3 saturated carbocycles. The summed E-state index contributed by atoms with van der Waals surface area (Å²) in [4.78, 5) is 0. The van der Waals surface area contributed by atoms with Gasteiger partial charge in [-0.15, -0.1) is 0 Å². The van der Waals surface area contributed by atoms with Gasteiger partial charge in [0.15, 0.2) is 0 Å². The van der Waals surface area contributed by atoms with Crippen molar-refractivity contribution in [3.63, 3.8) is 0 Å². The van der Waals surface area contributed by atoms with E-state index in [9.17, 15) is 9.32 Å². The Balaban J connectivity index is 1.45. The van der Waals surface area contributed by atoms with E-state index in [-0.39, 0.29) is 11.5 Å². The maximum absolute atomic E-state index is 11.2. The second-order valence-electron chi connectivity index (χ2n) is 12.8. The van der Waals surface area contributed by atoms with Crippen molar-refractivity contribution in [1.29, 1.82) is 0 Å². The lowest BCUT2D eigenvalue weighted by Crippen LogP contribution is -2.51. The highest BCUT2D eigenvalue weighted by atomic mass is 32.2. The van der Waals surface area contributed by atoms with Crippen LogP contribution in [0.1, 0.15) is 105 Å². The van der Waals surface area contributed by atoms with E-state index in [1.165, 1.54) is 44.1 Å². The van der Waals surface area contributed by atoms with Crippen LogP contribution >= 0.6 is 0 Å². The first kappa shape index (κ1) is 24.9. The highest BCUT2D eigenvalue weighted by Gasteiger charge is 2.59. The lowest BCUT2D eigenvalue weighted by atomic mass is 9.47. The summed E-state index contributed by atoms with van der Waals surface area (Å²) >= 11 is -2.16. The summed E-state index contributed by atoms with van der Waals surface area (Å²) in [5, 5.41) is 10.1. The monoisotopic (exact) mass is 466 g/mol. The molecule has 3 fully saturated rings. The van der Waals surface area contributed by atoms with Gasteiger partial charge in [-0.2, -0.15) is 4.21 Å². The van der Waals surface area contributed by atoms with Crippen molar-refractivity contribution in [1.82, 2.24) is 0 Å². The van der Waals surface area contributed by atoms with E-state index in [1.54, 1.807) is 0 Å². The highest BCUT2D eigenvalue weighted by molar-refractivity contribution is 7.74. The van der Waals surface area contributed by atoms with E-state index in [4.69, 9.17) is 8.74 Å². The Morgan fingerprint density at radius 2 is 1.94 bits per heavy atom. The van der Waals surface area contributed by atoms with Gasteiger partial charge in [-0.1, -0.05) is 45.3 Å². The van der Waals surface area contributed by atoms with Crippen molar-refractivity contribution in [2.24, 2.45) is 40.4 Å². The van der Waals surface area contributed by atoms with Crippen molar-refractivity contribution in [2.45, 2.75) is 117 Å². The summed E-state index contributed by atoms with van der Waals surface area (Å²) in [5.74, 6) is 3.93. The molecule has 0 aromatic rings. The van der Waals surface area contributed by atoms with Crippen LogP contribution in [0.2, 0.25) is 0 Å². The van der Waals surface area contributed by atoms with Crippen molar-refractivity contribution < 1.29 is 18.1 Å². The Labute approximate surface area is 198 Å². The fourth-order valence-corrected chi connectivity index (χ4v) is 9.26. The minimum Gasteiger partial charge on any atom is -0.390 e. The number of hydrogen-bond donors (Lipinski definition) is 2. The maximum Gasteiger partial charge on any atom is 0.302 e. The average molecular weight is 467 g/mol. The van der Waals surface area contributed by atoms with Crippen LogP contribution in [0.15, 0.2) is 11.6 Å². The lowest BCUT2D eigenvalue weighted by Gasteiger charge is -2.58. The van der Waals surface area contributed by atoms with Crippen LogP contribution < -0.4 is 0 Å². The van der Waals surface area contributed by atoms with Crippen LogP contribution in [-0.2, 0) is 15.5 Å². The Morgan fingerprint density at radius 1 is 1.19 bits per heavy atom. The van der Waals surface area contributed by atoms with Gasteiger partial charge >= 0.3 is 11.4 Å². The number of allylic oxidation sites excluding steroid dienone is 1. The van der Waals surface area contributed by atoms with E-state index in [1.807, 2.05) is 13.8 Å². The first-order valence-electron chi connectivity index (χ1n) is 13.1. The Bertz CT molecular complexity index is 742. The van der Waals surface area contributed by atoms with Gasteiger partial charge in [-0.25, -0.2) is 0 Å². The topological polar surface area (TPSA) is 66.8 Å². The summed E-state index contributed by atoms with van der Waals surface area (Å²) in [6, 6.07) is 0. The van der Waals surface area contributed by atoms with Crippen LogP contribution in [0, 0.1) is 40.4 Å². The molecule has 0 bridgehead atoms. The Kier molecular flexibility index (Phi) is 7.07. The van der Waals surface area contributed by atoms with Crippen molar-refractivity contribution in [3.05, 3.63) is 11.6 Å². The molecule has 0 heterocycles. The average Bonchev–Trinajstić information content (AvgIpc) is 3.04. The normalized spacial score (nSPS) is 43.6. The molecule has 4 aliphatic rings. The highest BCUT2D eigenvalue weighted by Crippen LogP contribution is 2.67. The quantitative estimate of drug-likeness (QED) is 0.325. The van der Waals surface area contributed by atoms with Gasteiger partial charge < -0.3 is 5.11 Å². The molecule has 0 amide bonds. The molecular weight excluding hydrogens is 420 g/mol. The number of hydrogen-bond acceptors (Lipinski definition) is 3. The predicted octanol–water partition coefficient (Wildman–Crippen LogP) is 6.66. The van der Waals surface area contributed by atoms with Gasteiger partial charge in [0.05, 0.1) is 11.7 Å². The number of fused-ring (bicyclic) bond motifs is 5. The summed E-state index contributed by atoms with van der Waals surface area (Å²) in [7, 11) is 0. The summed E-state index contributed by atoms with van der Waals surface area (Å²) < 4.78 is 25.6. The van der Waals surface area contributed by atoms with Crippen LogP contribution in [0.25, 0.3) is 0 Å². The summed E-state index contributed by atoms with van der Waals surface area (Å²) in [5.41, 5.74) is 1.67. The molecule has 0 aromatic heterocycles. The van der Waals surface area contributed by atoms with Crippen LogP contribution in [0.3, 0.4) is 0 Å². The fourth-order valence-electron chi connectivity index (χ4n) is 8.86. The van der Waals surface area contributed by atoms with Gasteiger partial charge in [0, 0.05) is 0 Å². The second kappa shape index (κ2) is 9.09. The van der Waals surface area contributed by atoms with Crippen molar-refractivity contribution in [2.75, 3.05) is 0 Å². The van der Waals surface area contributed by atoms with Gasteiger partial charge in [-0.3, -0.25) is 8.74 Å². The van der Waals surface area contributed by atoms with Crippen LogP contribution in [0.4, 0.5) is 0 Å². The largest absolute Gasteiger partial charge is 0.390 e. The van der Waals surface area contributed by atoms with E-state index >= 15 is 0 Å². The molecule has 4 nitrogen and oxygen atoms in total. The van der Waals surface area contributed by atoms with E-state index in [0.717, 1.165) is 61.7 Å². The summed E-state index contributed by atoms with van der Waals surface area (Å²) in [6.45, 7) is 11.4. The molecule has 5 heteroatoms. The maximum atomic E-state index is 11.2. The molecule has 32 heavy (non-hydrogen) atoms. The molecule has 0 aliphatic heterocycles. The van der Waals surface area contributed by atoms with Crippen LogP contribution in [-0.4, -0.2) is 25.6 Å². The first-order chi connectivity index (χ1) is 14.9. The SMILES string of the molecule is CC(CCCC(C)(C)O)C1CCC2C3CC=C4CC(OS(=O)O)CCC4(C)C3CCC12C. The van der Waals surface area contributed by atoms with E-state index in [0.29, 0.717) is 5.41 Å². The fraction of sp³-hybridized carbons (Fsp3) is 0.926. The van der Waals surface area contributed by atoms with Gasteiger partial charge in [0.2, 0.25) is 0 Å². The Hall–Kier alpha value is -0.230. The molecule has 0 radical (unpaired) electrons. The van der Waals surface area contributed by atoms with E-state index < -0.39 is 17.0 Å². The second-order valence-corrected chi connectivity index (χ2v) is 13.5. The molecule has 0 spiro atoms. The van der Waals surface area contributed by atoms with Crippen molar-refractivity contribution >= 4 is 11.4 Å². The molecular formula is C27H46O4S. The molecule has 4 rings (SSSR count). The molecule has 2 N–H and O–H groups in total. The van der Waals surface area contributed by atoms with E-state index in [2.05, 4.69) is 26.8 Å². The third kappa shape index (κ3) is 4.65. The van der Waals surface area contributed by atoms with Gasteiger partial charge in [-0.05, 0) is 112 Å². The number of aliphatic hydroxyl groups is 1. The third-order valence-corrected chi connectivity index (χ3v) is 10.9. The molecule has 4 aliphatic carbocycles.